The summed E-state index contributed by atoms with van der Waals surface area (Å²) in [5.74, 6) is -0.0745. The van der Waals surface area contributed by atoms with Crippen LogP contribution in [0.5, 0.6) is 0 Å². The van der Waals surface area contributed by atoms with Gasteiger partial charge in [-0.2, -0.15) is 0 Å². The van der Waals surface area contributed by atoms with E-state index < -0.39 is 0 Å². The summed E-state index contributed by atoms with van der Waals surface area (Å²) in [5.41, 5.74) is 8.19. The maximum absolute atomic E-state index is 11.7. The number of rotatable bonds is 7. The summed E-state index contributed by atoms with van der Waals surface area (Å²) in [6, 6.07) is 9.74. The van der Waals surface area contributed by atoms with Crippen LogP contribution in [-0.4, -0.2) is 5.78 Å². The number of carbonyl (C=O) groups excluding carboxylic acids is 1. The third kappa shape index (κ3) is 6.46. The number of allylic oxidation sites excluding steroid dienone is 4. The maximum atomic E-state index is 11.7. The lowest BCUT2D eigenvalue weighted by molar-refractivity contribution is -0.110. The first-order valence-corrected chi connectivity index (χ1v) is 6.62. The van der Waals surface area contributed by atoms with Crippen LogP contribution >= 0.6 is 0 Å². The number of hydrogen-bond acceptors (Lipinski definition) is 3. The Hall–Kier alpha value is -2.03. The van der Waals surface area contributed by atoms with E-state index in [1.54, 1.807) is 6.08 Å². The lowest BCUT2D eigenvalue weighted by Gasteiger charge is -2.05. The monoisotopic (exact) mass is 258 g/mol. The lowest BCUT2D eigenvalue weighted by Crippen LogP contribution is -2.03. The minimum Gasteiger partial charge on any atom is -0.402 e. The number of nitrogens with two attached hydrogens (primary N) is 1. The zero-order chi connectivity index (χ0) is 14.1. The molecule has 1 rings (SSSR count). The molecule has 0 saturated heterocycles. The minimum atomic E-state index is -0.0745. The smallest absolute Gasteiger partial charge is 0.182 e. The molecule has 0 radical (unpaired) electrons. The van der Waals surface area contributed by atoms with Crippen molar-refractivity contribution >= 4 is 11.5 Å². The number of anilines is 1. The molecule has 0 atom stereocenters. The number of para-hydroxylation sites is 1. The summed E-state index contributed by atoms with van der Waals surface area (Å²) < 4.78 is 0. The predicted molar refractivity (Wildman–Crippen MR) is 80.6 cm³/mol. The number of ketones is 1. The Balaban J connectivity index is 2.56. The van der Waals surface area contributed by atoms with Gasteiger partial charge in [0.15, 0.2) is 5.78 Å². The largest absolute Gasteiger partial charge is 0.402 e. The lowest BCUT2D eigenvalue weighted by atomic mass is 10.1. The Morgan fingerprint density at radius 3 is 2.58 bits per heavy atom. The molecule has 19 heavy (non-hydrogen) atoms. The van der Waals surface area contributed by atoms with E-state index in [4.69, 9.17) is 5.73 Å². The molecule has 3 N–H and O–H groups in total. The highest BCUT2D eigenvalue weighted by atomic mass is 16.1. The van der Waals surface area contributed by atoms with Gasteiger partial charge in [0.1, 0.15) is 0 Å². The molecule has 0 bridgehead atoms. The van der Waals surface area contributed by atoms with E-state index in [0.717, 1.165) is 30.6 Å². The molecule has 0 spiro atoms. The van der Waals surface area contributed by atoms with Gasteiger partial charge in [0.2, 0.25) is 0 Å². The first kappa shape index (κ1) is 15.0. The maximum Gasteiger partial charge on any atom is 0.182 e. The van der Waals surface area contributed by atoms with Crippen molar-refractivity contribution in [2.24, 2.45) is 5.73 Å². The van der Waals surface area contributed by atoms with Crippen LogP contribution in [0.3, 0.4) is 0 Å². The van der Waals surface area contributed by atoms with Gasteiger partial charge in [-0.1, -0.05) is 31.5 Å². The Morgan fingerprint density at radius 2 is 1.95 bits per heavy atom. The zero-order valence-electron chi connectivity index (χ0n) is 11.6. The van der Waals surface area contributed by atoms with E-state index in [9.17, 15) is 4.79 Å². The van der Waals surface area contributed by atoms with Gasteiger partial charge in [-0.25, -0.2) is 0 Å². The van der Waals surface area contributed by atoms with Crippen LogP contribution in [0.1, 0.15) is 33.1 Å². The van der Waals surface area contributed by atoms with Crippen molar-refractivity contribution in [2.75, 3.05) is 5.32 Å². The molecule has 3 nitrogen and oxygen atoms in total. The van der Waals surface area contributed by atoms with Crippen molar-refractivity contribution < 1.29 is 4.79 Å². The molecular formula is C16H22N2O. The number of nitrogens with one attached hydrogen (secondary N) is 1. The van der Waals surface area contributed by atoms with Gasteiger partial charge in [0.05, 0.1) is 0 Å². The average Bonchev–Trinajstić information content (AvgIpc) is 2.37. The number of unbranched alkanes of at least 4 members (excludes halogenated alkanes) is 1. The molecule has 0 fully saturated rings. The fraction of sp³-hybridized carbons (Fsp3) is 0.312. The van der Waals surface area contributed by atoms with Crippen molar-refractivity contribution in [3.63, 3.8) is 0 Å². The third-order valence-corrected chi connectivity index (χ3v) is 2.62. The Labute approximate surface area is 115 Å². The fourth-order valence-electron chi connectivity index (χ4n) is 1.68. The predicted octanol–water partition coefficient (Wildman–Crippen LogP) is 3.60. The van der Waals surface area contributed by atoms with Gasteiger partial charge in [-0.15, -0.1) is 0 Å². The summed E-state index contributed by atoms with van der Waals surface area (Å²) in [4.78, 5) is 11.7. The van der Waals surface area contributed by atoms with Crippen molar-refractivity contribution in [1.82, 2.24) is 0 Å². The zero-order valence-corrected chi connectivity index (χ0v) is 11.6. The van der Waals surface area contributed by atoms with Crippen LogP contribution in [-0.2, 0) is 4.79 Å². The second-order valence-electron chi connectivity index (χ2n) is 4.54. The highest BCUT2D eigenvalue weighted by Gasteiger charge is 1.98. The van der Waals surface area contributed by atoms with Crippen molar-refractivity contribution in [1.29, 1.82) is 0 Å². The van der Waals surface area contributed by atoms with Gasteiger partial charge >= 0.3 is 0 Å². The van der Waals surface area contributed by atoms with Gasteiger partial charge in [0, 0.05) is 29.2 Å². The molecule has 0 aromatic heterocycles. The van der Waals surface area contributed by atoms with Crippen molar-refractivity contribution in [2.45, 2.75) is 33.1 Å². The molecule has 1 aromatic carbocycles. The Morgan fingerprint density at radius 1 is 1.26 bits per heavy atom. The number of benzene rings is 1. The van der Waals surface area contributed by atoms with Gasteiger partial charge < -0.3 is 11.1 Å². The second kappa shape index (κ2) is 8.14. The van der Waals surface area contributed by atoms with E-state index in [-0.39, 0.29) is 5.78 Å². The molecule has 1 aromatic rings. The molecule has 0 saturated carbocycles. The quantitative estimate of drug-likeness (QED) is 0.735. The van der Waals surface area contributed by atoms with Crippen molar-refractivity contribution in [3.05, 3.63) is 53.9 Å². The van der Waals surface area contributed by atoms with Crippen LogP contribution in [0, 0.1) is 0 Å². The van der Waals surface area contributed by atoms with Crippen molar-refractivity contribution in [3.8, 4) is 0 Å². The first-order chi connectivity index (χ1) is 9.11. The minimum absolute atomic E-state index is 0.0745. The molecule has 0 amide bonds. The van der Waals surface area contributed by atoms with Crippen LogP contribution < -0.4 is 11.1 Å². The summed E-state index contributed by atoms with van der Waals surface area (Å²) >= 11 is 0. The van der Waals surface area contributed by atoms with Crippen LogP contribution in [0.4, 0.5) is 5.69 Å². The third-order valence-electron chi connectivity index (χ3n) is 2.62. The summed E-state index contributed by atoms with van der Waals surface area (Å²) in [7, 11) is 0. The molecular weight excluding hydrogens is 236 g/mol. The second-order valence-corrected chi connectivity index (χ2v) is 4.54. The standard InChI is InChI=1S/C16H22N2O/c1-3-4-8-14(17)12-16(19)11-13(2)18-15-9-6-5-7-10-15/h5-7,9-12,18H,3-4,8,17H2,1-2H3/b13-11-,14-12-. The average molecular weight is 258 g/mol. The normalized spacial score (nSPS) is 12.3. The van der Waals surface area contributed by atoms with Crippen LogP contribution in [0.15, 0.2) is 53.9 Å². The van der Waals surface area contributed by atoms with E-state index in [2.05, 4.69) is 12.2 Å². The molecule has 0 unspecified atom stereocenters. The summed E-state index contributed by atoms with van der Waals surface area (Å²) in [6.45, 7) is 3.96. The first-order valence-electron chi connectivity index (χ1n) is 6.62. The van der Waals surface area contributed by atoms with Gasteiger partial charge in [-0.3, -0.25) is 4.79 Å². The molecule has 0 heterocycles. The van der Waals surface area contributed by atoms with Gasteiger partial charge in [-0.05, 0) is 31.9 Å². The van der Waals surface area contributed by atoms with Gasteiger partial charge in [0.25, 0.3) is 0 Å². The van der Waals surface area contributed by atoms with E-state index in [1.165, 1.54) is 6.08 Å². The molecule has 0 aliphatic carbocycles. The number of hydrogen-bond donors (Lipinski definition) is 2. The van der Waals surface area contributed by atoms with E-state index >= 15 is 0 Å². The molecule has 3 heteroatoms. The Bertz CT molecular complexity index is 461. The van der Waals surface area contributed by atoms with Crippen LogP contribution in [0.25, 0.3) is 0 Å². The molecule has 0 aliphatic rings. The number of carbonyl (C=O) groups is 1. The molecule has 102 valence electrons. The van der Waals surface area contributed by atoms with E-state index in [1.807, 2.05) is 37.3 Å². The highest BCUT2D eigenvalue weighted by Crippen LogP contribution is 2.09. The topological polar surface area (TPSA) is 55.1 Å². The summed E-state index contributed by atoms with van der Waals surface area (Å²) in [5, 5.41) is 3.16. The van der Waals surface area contributed by atoms with E-state index in [0.29, 0.717) is 5.70 Å². The highest BCUT2D eigenvalue weighted by molar-refractivity contribution is 6.00. The van der Waals surface area contributed by atoms with Crippen LogP contribution in [0.2, 0.25) is 0 Å². The SMILES string of the molecule is CCCC/C(N)=C/C(=O)/C=C(/C)Nc1ccccc1. The molecule has 0 aliphatic heterocycles. The summed E-state index contributed by atoms with van der Waals surface area (Å²) in [6.07, 6.45) is 5.94. The fourth-order valence-corrected chi connectivity index (χ4v) is 1.68. The Kier molecular flexibility index (Phi) is 6.44.